The van der Waals surface area contributed by atoms with E-state index in [4.69, 9.17) is 5.73 Å². The predicted octanol–water partition coefficient (Wildman–Crippen LogP) is -0.210. The molecule has 0 bridgehead atoms. The zero-order valence-electron chi connectivity index (χ0n) is 15.1. The minimum atomic E-state index is -0.987. The maximum atomic E-state index is 13.1. The van der Waals surface area contributed by atoms with Gasteiger partial charge in [-0.1, -0.05) is 6.07 Å². The van der Waals surface area contributed by atoms with Crippen LogP contribution in [-0.2, 0) is 14.4 Å². The van der Waals surface area contributed by atoms with Gasteiger partial charge in [-0.2, -0.15) is 0 Å². The van der Waals surface area contributed by atoms with Gasteiger partial charge in [0.2, 0.25) is 17.7 Å². The third kappa shape index (κ3) is 2.83. The minimum Gasteiger partial charge on any atom is -0.371 e. The van der Waals surface area contributed by atoms with Crippen LogP contribution in [0.2, 0.25) is 0 Å². The van der Waals surface area contributed by atoms with Crippen molar-refractivity contribution in [3.63, 3.8) is 0 Å². The number of hydrogen-bond donors (Lipinski definition) is 2. The molecule has 5 amide bonds. The molecule has 2 saturated heterocycles. The zero-order valence-corrected chi connectivity index (χ0v) is 15.1. The van der Waals surface area contributed by atoms with Crippen LogP contribution in [0.1, 0.15) is 46.4 Å². The summed E-state index contributed by atoms with van der Waals surface area (Å²) in [5.41, 5.74) is 6.53. The van der Waals surface area contributed by atoms with Crippen LogP contribution < -0.4 is 16.0 Å². The maximum Gasteiger partial charge on any atom is 0.264 e. The number of imide groups is 2. The van der Waals surface area contributed by atoms with Gasteiger partial charge in [-0.3, -0.25) is 34.2 Å². The van der Waals surface area contributed by atoms with Gasteiger partial charge in [0.1, 0.15) is 6.04 Å². The van der Waals surface area contributed by atoms with E-state index in [1.807, 2.05) is 4.90 Å². The predicted molar refractivity (Wildman–Crippen MR) is 97.2 cm³/mol. The first kappa shape index (κ1) is 18.1. The van der Waals surface area contributed by atoms with Crippen LogP contribution in [0.4, 0.5) is 5.69 Å². The Morgan fingerprint density at radius 1 is 1.04 bits per heavy atom. The lowest BCUT2D eigenvalue weighted by Crippen LogP contribution is -2.54. The molecule has 3 N–H and O–H groups in total. The second-order valence-electron chi connectivity index (χ2n) is 7.31. The highest BCUT2D eigenvalue weighted by molar-refractivity contribution is 6.25. The van der Waals surface area contributed by atoms with E-state index in [0.717, 1.165) is 4.90 Å². The largest absolute Gasteiger partial charge is 0.371 e. The van der Waals surface area contributed by atoms with Crippen molar-refractivity contribution in [2.24, 2.45) is 11.7 Å². The van der Waals surface area contributed by atoms with Crippen LogP contribution in [0.15, 0.2) is 18.2 Å². The standard InChI is InChI=1S/C19H20N4O5/c20-16(25)10-6-8-22(9-7-10)12-3-1-2-11-15(12)19(28)23(18(11)27)13-4-5-14(24)21-17(13)26/h1-3,10,13H,4-9H2,(H2,20,25)(H,21,24,26). The number of hydrogen-bond acceptors (Lipinski definition) is 6. The number of amides is 5. The van der Waals surface area contributed by atoms with E-state index in [1.54, 1.807) is 18.2 Å². The maximum absolute atomic E-state index is 13.1. The van der Waals surface area contributed by atoms with Crippen molar-refractivity contribution < 1.29 is 24.0 Å². The normalized spacial score (nSPS) is 23.1. The quantitative estimate of drug-likeness (QED) is 0.694. The molecule has 0 spiro atoms. The summed E-state index contributed by atoms with van der Waals surface area (Å²) in [7, 11) is 0. The van der Waals surface area contributed by atoms with E-state index >= 15 is 0 Å². The molecular formula is C19H20N4O5. The number of nitrogens with two attached hydrogens (primary N) is 1. The Kier molecular flexibility index (Phi) is 4.37. The van der Waals surface area contributed by atoms with E-state index in [1.165, 1.54) is 0 Å². The Morgan fingerprint density at radius 3 is 2.39 bits per heavy atom. The lowest BCUT2D eigenvalue weighted by Gasteiger charge is -2.33. The molecule has 3 heterocycles. The molecule has 4 rings (SSSR count). The van der Waals surface area contributed by atoms with E-state index in [2.05, 4.69) is 5.32 Å². The molecule has 1 unspecified atom stereocenters. The highest BCUT2D eigenvalue weighted by Crippen LogP contribution is 2.35. The lowest BCUT2D eigenvalue weighted by molar-refractivity contribution is -0.136. The van der Waals surface area contributed by atoms with E-state index < -0.39 is 29.7 Å². The summed E-state index contributed by atoms with van der Waals surface area (Å²) < 4.78 is 0. The third-order valence-electron chi connectivity index (χ3n) is 5.68. The summed E-state index contributed by atoms with van der Waals surface area (Å²) >= 11 is 0. The van der Waals surface area contributed by atoms with Crippen molar-refractivity contribution in [1.82, 2.24) is 10.2 Å². The molecule has 0 aliphatic carbocycles. The van der Waals surface area contributed by atoms with Gasteiger partial charge in [0.05, 0.1) is 16.8 Å². The molecule has 0 aromatic heterocycles. The van der Waals surface area contributed by atoms with Crippen LogP contribution in [0.3, 0.4) is 0 Å². The molecule has 146 valence electrons. The van der Waals surface area contributed by atoms with Crippen molar-refractivity contribution in [2.45, 2.75) is 31.7 Å². The lowest BCUT2D eigenvalue weighted by atomic mass is 9.95. The average molecular weight is 384 g/mol. The van der Waals surface area contributed by atoms with Crippen molar-refractivity contribution in [1.29, 1.82) is 0 Å². The molecule has 9 heteroatoms. The fourth-order valence-electron chi connectivity index (χ4n) is 4.17. The molecule has 9 nitrogen and oxygen atoms in total. The Balaban J connectivity index is 1.63. The first-order valence-corrected chi connectivity index (χ1v) is 9.27. The van der Waals surface area contributed by atoms with Gasteiger partial charge in [0, 0.05) is 25.4 Å². The Labute approximate surface area is 160 Å². The first-order chi connectivity index (χ1) is 13.4. The zero-order chi connectivity index (χ0) is 20.0. The molecule has 3 aliphatic heterocycles. The van der Waals surface area contributed by atoms with Gasteiger partial charge in [0.25, 0.3) is 11.8 Å². The third-order valence-corrected chi connectivity index (χ3v) is 5.68. The van der Waals surface area contributed by atoms with Gasteiger partial charge < -0.3 is 10.6 Å². The SMILES string of the molecule is NC(=O)C1CCN(c2cccc3c2C(=O)N(C2CCC(=O)NC2=O)C3=O)CC1. The summed E-state index contributed by atoms with van der Waals surface area (Å²) in [4.78, 5) is 63.9. The van der Waals surface area contributed by atoms with Crippen LogP contribution in [0, 0.1) is 5.92 Å². The summed E-state index contributed by atoms with van der Waals surface area (Å²) in [6.07, 6.45) is 1.36. The van der Waals surface area contributed by atoms with E-state index in [0.29, 0.717) is 31.6 Å². The Bertz CT molecular complexity index is 904. The van der Waals surface area contributed by atoms with Crippen molar-refractivity contribution in [2.75, 3.05) is 18.0 Å². The monoisotopic (exact) mass is 384 g/mol. The van der Waals surface area contributed by atoms with Gasteiger partial charge in [-0.15, -0.1) is 0 Å². The van der Waals surface area contributed by atoms with Gasteiger partial charge in [0.15, 0.2) is 0 Å². The number of carbonyl (C=O) groups excluding carboxylic acids is 5. The fraction of sp³-hybridized carbons (Fsp3) is 0.421. The van der Waals surface area contributed by atoms with Gasteiger partial charge >= 0.3 is 0 Å². The number of carbonyl (C=O) groups is 5. The molecule has 0 radical (unpaired) electrons. The number of fused-ring (bicyclic) bond motifs is 1. The second kappa shape index (κ2) is 6.74. The number of benzene rings is 1. The molecule has 1 aromatic rings. The van der Waals surface area contributed by atoms with E-state index in [-0.39, 0.29) is 35.8 Å². The highest BCUT2D eigenvalue weighted by Gasteiger charge is 2.46. The van der Waals surface area contributed by atoms with Crippen molar-refractivity contribution in [3.8, 4) is 0 Å². The number of nitrogens with one attached hydrogen (secondary N) is 1. The second-order valence-corrected chi connectivity index (χ2v) is 7.31. The number of anilines is 1. The molecule has 0 saturated carbocycles. The van der Waals surface area contributed by atoms with Crippen LogP contribution in [0.25, 0.3) is 0 Å². The summed E-state index contributed by atoms with van der Waals surface area (Å²) in [5.74, 6) is -2.60. The summed E-state index contributed by atoms with van der Waals surface area (Å²) in [5, 5.41) is 2.19. The summed E-state index contributed by atoms with van der Waals surface area (Å²) in [6.45, 7) is 1.09. The first-order valence-electron chi connectivity index (χ1n) is 9.27. The van der Waals surface area contributed by atoms with Crippen molar-refractivity contribution >= 4 is 35.2 Å². The molecular weight excluding hydrogens is 364 g/mol. The highest BCUT2D eigenvalue weighted by atomic mass is 16.2. The molecule has 1 aromatic carbocycles. The number of nitrogens with zero attached hydrogens (tertiary/aromatic N) is 2. The van der Waals surface area contributed by atoms with E-state index in [9.17, 15) is 24.0 Å². The smallest absolute Gasteiger partial charge is 0.264 e. The number of rotatable bonds is 3. The topological polar surface area (TPSA) is 130 Å². The van der Waals surface area contributed by atoms with Gasteiger partial charge in [-0.25, -0.2) is 0 Å². The fourth-order valence-corrected chi connectivity index (χ4v) is 4.17. The molecule has 2 fully saturated rings. The Morgan fingerprint density at radius 2 is 1.75 bits per heavy atom. The Hall–Kier alpha value is -3.23. The van der Waals surface area contributed by atoms with Crippen LogP contribution in [-0.4, -0.2) is 53.6 Å². The average Bonchev–Trinajstić information content (AvgIpc) is 2.93. The summed E-state index contributed by atoms with van der Waals surface area (Å²) in [6, 6.07) is 4.05. The van der Waals surface area contributed by atoms with Crippen LogP contribution in [0.5, 0.6) is 0 Å². The molecule has 28 heavy (non-hydrogen) atoms. The van der Waals surface area contributed by atoms with Crippen LogP contribution >= 0.6 is 0 Å². The number of piperidine rings is 2. The van der Waals surface area contributed by atoms with Gasteiger partial charge in [-0.05, 0) is 31.4 Å². The number of primary amides is 1. The minimum absolute atomic E-state index is 0.0807. The molecule has 3 aliphatic rings. The van der Waals surface area contributed by atoms with Crippen molar-refractivity contribution in [3.05, 3.63) is 29.3 Å². The molecule has 1 atom stereocenters.